The molecular formula is C11H23N3O. The Morgan fingerprint density at radius 2 is 2.07 bits per heavy atom. The van der Waals surface area contributed by atoms with Gasteiger partial charge in [0.15, 0.2) is 0 Å². The van der Waals surface area contributed by atoms with E-state index in [0.29, 0.717) is 19.5 Å². The molecule has 0 saturated heterocycles. The first kappa shape index (κ1) is 16.4. The second kappa shape index (κ2) is 12.9. The summed E-state index contributed by atoms with van der Waals surface area (Å²) in [4.78, 5) is 11.2. The number of rotatable bonds is 5. The van der Waals surface area contributed by atoms with Gasteiger partial charge in [0.25, 0.3) is 0 Å². The molecule has 4 heteroatoms. The minimum Gasteiger partial charge on any atom is -0.344 e. The zero-order valence-electron chi connectivity index (χ0n) is 9.97. The van der Waals surface area contributed by atoms with E-state index in [9.17, 15) is 4.79 Å². The lowest BCUT2D eigenvalue weighted by molar-refractivity contribution is -0.122. The fourth-order valence-corrected chi connectivity index (χ4v) is 0.820. The van der Waals surface area contributed by atoms with Gasteiger partial charge in [-0.05, 0) is 26.3 Å². The van der Waals surface area contributed by atoms with Crippen molar-refractivity contribution < 1.29 is 4.79 Å². The van der Waals surface area contributed by atoms with E-state index in [1.54, 1.807) is 6.92 Å². The number of carbonyl (C=O) groups is 1. The van der Waals surface area contributed by atoms with E-state index in [4.69, 9.17) is 11.5 Å². The van der Waals surface area contributed by atoms with Gasteiger partial charge in [-0.15, -0.1) is 5.92 Å². The third kappa shape index (κ3) is 10.9. The van der Waals surface area contributed by atoms with Crippen LogP contribution in [-0.2, 0) is 4.79 Å². The quantitative estimate of drug-likeness (QED) is 0.571. The second-order valence-corrected chi connectivity index (χ2v) is 2.68. The average molecular weight is 213 g/mol. The summed E-state index contributed by atoms with van der Waals surface area (Å²) in [5.41, 5.74) is 10.9. The molecule has 0 bridgehead atoms. The number of hydrogen-bond donors (Lipinski definition) is 3. The van der Waals surface area contributed by atoms with Crippen LogP contribution in [0.3, 0.4) is 0 Å². The van der Waals surface area contributed by atoms with Crippen LogP contribution in [0.25, 0.3) is 0 Å². The molecule has 0 spiro atoms. The van der Waals surface area contributed by atoms with Crippen molar-refractivity contribution in [2.75, 3.05) is 13.1 Å². The Hall–Kier alpha value is -1.05. The zero-order chi connectivity index (χ0) is 12.1. The summed E-state index contributed by atoms with van der Waals surface area (Å²) >= 11 is 0. The highest BCUT2D eigenvalue weighted by atomic mass is 16.2. The molecule has 0 aliphatic rings. The molecule has 0 aliphatic carbocycles. The zero-order valence-corrected chi connectivity index (χ0v) is 9.97. The van der Waals surface area contributed by atoms with E-state index >= 15 is 0 Å². The van der Waals surface area contributed by atoms with Crippen LogP contribution in [-0.4, -0.2) is 25.0 Å². The van der Waals surface area contributed by atoms with E-state index in [1.165, 1.54) is 0 Å². The van der Waals surface area contributed by atoms with Crippen LogP contribution in [0.15, 0.2) is 0 Å². The minimum absolute atomic E-state index is 0.156. The van der Waals surface area contributed by atoms with Crippen LogP contribution in [0, 0.1) is 11.8 Å². The van der Waals surface area contributed by atoms with E-state index in [1.807, 2.05) is 13.8 Å². The summed E-state index contributed by atoms with van der Waals surface area (Å²) in [6.07, 6.45) is 1.40. The first-order chi connectivity index (χ1) is 7.22. The van der Waals surface area contributed by atoms with Crippen LogP contribution in [0.1, 0.15) is 33.6 Å². The maximum absolute atomic E-state index is 11.2. The molecule has 1 unspecified atom stereocenters. The van der Waals surface area contributed by atoms with E-state index in [0.717, 1.165) is 6.42 Å². The van der Waals surface area contributed by atoms with Crippen LogP contribution < -0.4 is 16.8 Å². The monoisotopic (exact) mass is 213 g/mol. The van der Waals surface area contributed by atoms with Gasteiger partial charge in [-0.3, -0.25) is 4.79 Å². The third-order valence-electron chi connectivity index (χ3n) is 1.58. The second-order valence-electron chi connectivity index (χ2n) is 2.68. The molecule has 0 aromatic carbocycles. The highest BCUT2D eigenvalue weighted by Crippen LogP contribution is 1.91. The summed E-state index contributed by atoms with van der Waals surface area (Å²) in [6.45, 7) is 6.65. The predicted octanol–water partition coefficient (Wildman–Crippen LogP) is 0.218. The van der Waals surface area contributed by atoms with Gasteiger partial charge < -0.3 is 16.8 Å². The fourth-order valence-electron chi connectivity index (χ4n) is 0.820. The van der Waals surface area contributed by atoms with Crippen molar-refractivity contribution in [3.05, 3.63) is 0 Å². The van der Waals surface area contributed by atoms with Gasteiger partial charge in [-0.1, -0.05) is 19.8 Å². The number of nitrogens with one attached hydrogen (secondary N) is 1. The molecule has 15 heavy (non-hydrogen) atoms. The van der Waals surface area contributed by atoms with Gasteiger partial charge in [0.2, 0.25) is 5.91 Å². The summed E-state index contributed by atoms with van der Waals surface area (Å²) in [5.74, 6) is 5.25. The van der Waals surface area contributed by atoms with Gasteiger partial charge in [-0.25, -0.2) is 0 Å². The normalized spacial score (nSPS) is 10.2. The Balaban J connectivity index is 0. The lowest BCUT2D eigenvalue weighted by atomic mass is 10.1. The number of nitrogens with two attached hydrogens (primary N) is 2. The molecule has 0 saturated carbocycles. The first-order valence-electron chi connectivity index (χ1n) is 5.35. The maximum Gasteiger partial charge on any atom is 0.237 e. The molecule has 0 aromatic rings. The van der Waals surface area contributed by atoms with Crippen LogP contribution in [0.5, 0.6) is 0 Å². The van der Waals surface area contributed by atoms with Crippen molar-refractivity contribution in [3.8, 4) is 11.8 Å². The molecule has 0 rings (SSSR count). The molecule has 5 N–H and O–H groups in total. The number of carbonyl (C=O) groups excluding carboxylic acids is 1. The van der Waals surface area contributed by atoms with Crippen molar-refractivity contribution in [1.82, 2.24) is 5.32 Å². The van der Waals surface area contributed by atoms with Gasteiger partial charge in [0.05, 0.1) is 12.6 Å². The third-order valence-corrected chi connectivity index (χ3v) is 1.58. The minimum atomic E-state index is -0.456. The molecular weight excluding hydrogens is 190 g/mol. The van der Waals surface area contributed by atoms with Crippen LogP contribution >= 0.6 is 0 Å². The number of amides is 1. The highest BCUT2D eigenvalue weighted by molar-refractivity contribution is 5.81. The van der Waals surface area contributed by atoms with Crippen molar-refractivity contribution in [2.24, 2.45) is 11.5 Å². The maximum atomic E-state index is 11.2. The topological polar surface area (TPSA) is 81.1 Å². The fraction of sp³-hybridized carbons (Fsp3) is 0.727. The molecule has 0 heterocycles. The number of hydrogen-bond acceptors (Lipinski definition) is 3. The molecule has 0 radical (unpaired) electrons. The Morgan fingerprint density at radius 3 is 2.53 bits per heavy atom. The lowest BCUT2D eigenvalue weighted by Crippen LogP contribution is -2.40. The van der Waals surface area contributed by atoms with Crippen molar-refractivity contribution in [1.29, 1.82) is 0 Å². The van der Waals surface area contributed by atoms with Crippen molar-refractivity contribution >= 4 is 5.91 Å². The molecule has 0 aliphatic heterocycles. The highest BCUT2D eigenvalue weighted by Gasteiger charge is 2.10. The molecule has 88 valence electrons. The molecule has 0 aromatic heterocycles. The van der Waals surface area contributed by atoms with Crippen molar-refractivity contribution in [3.63, 3.8) is 0 Å². The Kier molecular flexibility index (Phi) is 14.1. The van der Waals surface area contributed by atoms with Crippen molar-refractivity contribution in [2.45, 2.75) is 39.7 Å². The van der Waals surface area contributed by atoms with E-state index in [-0.39, 0.29) is 5.91 Å². The van der Waals surface area contributed by atoms with Gasteiger partial charge in [-0.2, -0.15) is 0 Å². The van der Waals surface area contributed by atoms with E-state index in [2.05, 4.69) is 17.2 Å². The predicted molar refractivity (Wildman–Crippen MR) is 64.1 cm³/mol. The van der Waals surface area contributed by atoms with Crippen LogP contribution in [0.4, 0.5) is 0 Å². The van der Waals surface area contributed by atoms with Gasteiger partial charge >= 0.3 is 0 Å². The summed E-state index contributed by atoms with van der Waals surface area (Å²) in [6, 6.07) is -0.456. The first-order valence-corrected chi connectivity index (χ1v) is 5.35. The Labute approximate surface area is 92.8 Å². The molecule has 1 atom stereocenters. The molecule has 0 fully saturated rings. The summed E-state index contributed by atoms with van der Waals surface area (Å²) in [7, 11) is 0. The summed E-state index contributed by atoms with van der Waals surface area (Å²) < 4.78 is 0. The molecule has 1 amide bonds. The average Bonchev–Trinajstić information content (AvgIpc) is 2.28. The lowest BCUT2D eigenvalue weighted by Gasteiger charge is -2.09. The Morgan fingerprint density at radius 1 is 1.47 bits per heavy atom. The van der Waals surface area contributed by atoms with Crippen LogP contribution in [0.2, 0.25) is 0 Å². The standard InChI is InChI=1S/C9H17N3O.C2H6/c1-2-3-7-12-9(13)8(11)5-4-6-10;1-2/h8H,4-7,10-11H2,1H3,(H,12,13);1-2H3. The summed E-state index contributed by atoms with van der Waals surface area (Å²) in [5, 5.41) is 2.61. The largest absolute Gasteiger partial charge is 0.344 e. The van der Waals surface area contributed by atoms with E-state index < -0.39 is 6.04 Å². The Bertz CT molecular complexity index is 206. The smallest absolute Gasteiger partial charge is 0.237 e. The van der Waals surface area contributed by atoms with Gasteiger partial charge in [0, 0.05) is 0 Å². The SMILES string of the molecule is CC.CC#CCNC(=O)C(N)CCCN. The van der Waals surface area contributed by atoms with Gasteiger partial charge in [0.1, 0.15) is 0 Å². The molecule has 4 nitrogen and oxygen atoms in total.